The fraction of sp³-hybridized carbons (Fsp3) is 0.455. The van der Waals surface area contributed by atoms with Crippen molar-refractivity contribution in [3.8, 4) is 0 Å². The van der Waals surface area contributed by atoms with Crippen LogP contribution in [0.5, 0.6) is 0 Å². The second-order valence-corrected chi connectivity index (χ2v) is 4.49. The van der Waals surface area contributed by atoms with E-state index in [-0.39, 0.29) is 15.7 Å². The molecule has 0 aliphatic carbocycles. The average molecular weight is 292 g/mol. The van der Waals surface area contributed by atoms with Crippen molar-refractivity contribution in [2.24, 2.45) is 0 Å². The van der Waals surface area contributed by atoms with E-state index in [1.165, 1.54) is 12.1 Å². The van der Waals surface area contributed by atoms with Gasteiger partial charge in [0, 0.05) is 18.7 Å². The highest BCUT2D eigenvalue weighted by atomic mass is 35.5. The summed E-state index contributed by atoms with van der Waals surface area (Å²) in [4.78, 5) is 10.1. The van der Waals surface area contributed by atoms with Gasteiger partial charge in [0.1, 0.15) is 0 Å². The number of halogens is 2. The molecule has 0 aliphatic rings. The van der Waals surface area contributed by atoms with Gasteiger partial charge in [-0.25, -0.2) is 0 Å². The molecule has 18 heavy (non-hydrogen) atoms. The molecule has 0 unspecified atom stereocenters. The third-order valence-electron chi connectivity index (χ3n) is 2.32. The summed E-state index contributed by atoms with van der Waals surface area (Å²) in [5.41, 5.74) is 0.434. The van der Waals surface area contributed by atoms with E-state index in [0.29, 0.717) is 12.2 Å². The number of hydrogen-bond donors (Lipinski definition) is 2. The summed E-state index contributed by atoms with van der Waals surface area (Å²) in [6.07, 6.45) is 0.914. The van der Waals surface area contributed by atoms with Crippen molar-refractivity contribution in [1.82, 2.24) is 5.32 Å². The van der Waals surface area contributed by atoms with Crippen molar-refractivity contribution < 1.29 is 4.92 Å². The fourth-order valence-electron chi connectivity index (χ4n) is 1.44. The van der Waals surface area contributed by atoms with Gasteiger partial charge in [0.15, 0.2) is 0 Å². The van der Waals surface area contributed by atoms with Gasteiger partial charge in [-0.1, -0.05) is 30.1 Å². The van der Waals surface area contributed by atoms with E-state index in [9.17, 15) is 10.1 Å². The maximum absolute atomic E-state index is 10.6. The van der Waals surface area contributed by atoms with Crippen molar-refractivity contribution >= 4 is 34.6 Å². The number of rotatable bonds is 7. The monoisotopic (exact) mass is 291 g/mol. The molecule has 0 spiro atoms. The molecule has 1 rings (SSSR count). The van der Waals surface area contributed by atoms with Crippen LogP contribution in [0.3, 0.4) is 0 Å². The van der Waals surface area contributed by atoms with E-state index in [2.05, 4.69) is 10.6 Å². The number of nitro groups is 1. The van der Waals surface area contributed by atoms with Crippen LogP contribution in [0.1, 0.15) is 13.3 Å². The van der Waals surface area contributed by atoms with Crippen molar-refractivity contribution in [3.63, 3.8) is 0 Å². The largest absolute Gasteiger partial charge is 0.383 e. The Morgan fingerprint density at radius 3 is 2.39 bits per heavy atom. The molecule has 100 valence electrons. The Bertz CT molecular complexity index is 404. The molecular weight excluding hydrogens is 277 g/mol. The zero-order valence-electron chi connectivity index (χ0n) is 10.0. The zero-order chi connectivity index (χ0) is 13.5. The lowest BCUT2D eigenvalue weighted by atomic mass is 10.2. The number of nitrogens with one attached hydrogen (secondary N) is 2. The van der Waals surface area contributed by atoms with Gasteiger partial charge in [-0.2, -0.15) is 0 Å². The lowest BCUT2D eigenvalue weighted by molar-refractivity contribution is -0.384. The van der Waals surface area contributed by atoms with E-state index < -0.39 is 4.92 Å². The molecule has 0 aromatic heterocycles. The first-order chi connectivity index (χ1) is 8.56. The summed E-state index contributed by atoms with van der Waals surface area (Å²) in [5.74, 6) is 0. The first-order valence-electron chi connectivity index (χ1n) is 5.64. The zero-order valence-corrected chi connectivity index (χ0v) is 11.5. The third-order valence-corrected chi connectivity index (χ3v) is 2.92. The van der Waals surface area contributed by atoms with Gasteiger partial charge in [-0.3, -0.25) is 10.1 Å². The van der Waals surface area contributed by atoms with Crippen molar-refractivity contribution in [3.05, 3.63) is 32.3 Å². The van der Waals surface area contributed by atoms with Crippen LogP contribution in [0.2, 0.25) is 10.0 Å². The molecular formula is C11H15Cl2N3O2. The quantitative estimate of drug-likeness (QED) is 0.459. The number of nitrogens with zero attached hydrogens (tertiary/aromatic N) is 1. The molecule has 0 saturated carbocycles. The van der Waals surface area contributed by atoms with E-state index in [1.807, 2.05) is 6.92 Å². The maximum Gasteiger partial charge on any atom is 0.272 e. The lowest BCUT2D eigenvalue weighted by Crippen LogP contribution is -2.17. The third kappa shape index (κ3) is 4.33. The Kier molecular flexibility index (Phi) is 6.18. The number of nitro benzene ring substituents is 1. The Labute approximate surface area is 116 Å². The van der Waals surface area contributed by atoms with Gasteiger partial charge in [0.25, 0.3) is 5.69 Å². The Morgan fingerprint density at radius 2 is 1.89 bits per heavy atom. The number of benzene rings is 1. The van der Waals surface area contributed by atoms with Crippen LogP contribution < -0.4 is 10.6 Å². The van der Waals surface area contributed by atoms with Gasteiger partial charge >= 0.3 is 0 Å². The van der Waals surface area contributed by atoms with Crippen molar-refractivity contribution in [2.75, 3.05) is 25.0 Å². The summed E-state index contributed by atoms with van der Waals surface area (Å²) in [7, 11) is 0. The molecule has 7 heteroatoms. The average Bonchev–Trinajstić information content (AvgIpc) is 2.31. The number of hydrogen-bond acceptors (Lipinski definition) is 4. The van der Waals surface area contributed by atoms with Crippen LogP contribution in [0, 0.1) is 10.1 Å². The van der Waals surface area contributed by atoms with E-state index in [0.717, 1.165) is 19.5 Å². The molecule has 0 amide bonds. The first-order valence-corrected chi connectivity index (χ1v) is 6.40. The maximum atomic E-state index is 10.6. The minimum absolute atomic E-state index is 0.108. The van der Waals surface area contributed by atoms with Gasteiger partial charge in [0.05, 0.1) is 20.7 Å². The lowest BCUT2D eigenvalue weighted by Gasteiger charge is -2.10. The van der Waals surface area contributed by atoms with E-state index >= 15 is 0 Å². The second kappa shape index (κ2) is 7.41. The van der Waals surface area contributed by atoms with Crippen LogP contribution in [0.4, 0.5) is 11.4 Å². The topological polar surface area (TPSA) is 67.2 Å². The van der Waals surface area contributed by atoms with Crippen molar-refractivity contribution in [2.45, 2.75) is 13.3 Å². The Hall–Kier alpha value is -1.04. The van der Waals surface area contributed by atoms with Crippen LogP contribution in [-0.4, -0.2) is 24.6 Å². The van der Waals surface area contributed by atoms with Gasteiger partial charge in [-0.15, -0.1) is 0 Å². The predicted octanol–water partition coefficient (Wildman–Crippen LogP) is 3.31. The highest BCUT2D eigenvalue weighted by molar-refractivity contribution is 6.39. The SMILES string of the molecule is CCNCCCNc1c(Cl)cc([N+](=O)[O-])cc1Cl. The van der Waals surface area contributed by atoms with E-state index in [1.54, 1.807) is 0 Å². The Morgan fingerprint density at radius 1 is 1.28 bits per heavy atom. The molecule has 5 nitrogen and oxygen atoms in total. The van der Waals surface area contributed by atoms with Crippen LogP contribution in [0.25, 0.3) is 0 Å². The second-order valence-electron chi connectivity index (χ2n) is 3.68. The number of anilines is 1. The Balaban J connectivity index is 2.63. The summed E-state index contributed by atoms with van der Waals surface area (Å²) in [6.45, 7) is 4.56. The molecule has 0 atom stereocenters. The minimum Gasteiger partial charge on any atom is -0.383 e. The molecule has 0 bridgehead atoms. The predicted molar refractivity (Wildman–Crippen MR) is 74.8 cm³/mol. The summed E-state index contributed by atoms with van der Waals surface area (Å²) >= 11 is 11.9. The molecule has 0 fully saturated rings. The smallest absolute Gasteiger partial charge is 0.272 e. The molecule has 1 aromatic rings. The van der Waals surface area contributed by atoms with Crippen LogP contribution in [-0.2, 0) is 0 Å². The molecule has 0 heterocycles. The first kappa shape index (κ1) is 15.0. The summed E-state index contributed by atoms with van der Waals surface area (Å²) < 4.78 is 0. The molecule has 0 aliphatic heterocycles. The van der Waals surface area contributed by atoms with Crippen molar-refractivity contribution in [1.29, 1.82) is 0 Å². The molecule has 2 N–H and O–H groups in total. The standard InChI is InChI=1S/C11H15Cl2N3O2/c1-2-14-4-3-5-15-11-9(12)6-8(16(17)18)7-10(11)13/h6-7,14-15H,2-5H2,1H3. The summed E-state index contributed by atoms with van der Waals surface area (Å²) in [6, 6.07) is 2.58. The molecule has 0 radical (unpaired) electrons. The minimum atomic E-state index is -0.521. The number of non-ortho nitro benzene ring substituents is 1. The molecule has 0 saturated heterocycles. The van der Waals surface area contributed by atoms with Crippen LogP contribution >= 0.6 is 23.2 Å². The highest BCUT2D eigenvalue weighted by Gasteiger charge is 2.13. The highest BCUT2D eigenvalue weighted by Crippen LogP contribution is 2.34. The normalized spacial score (nSPS) is 10.4. The van der Waals surface area contributed by atoms with Gasteiger partial charge in [-0.05, 0) is 19.5 Å². The fourth-order valence-corrected chi connectivity index (χ4v) is 2.05. The van der Waals surface area contributed by atoms with Crippen LogP contribution in [0.15, 0.2) is 12.1 Å². The van der Waals surface area contributed by atoms with Gasteiger partial charge in [0.2, 0.25) is 0 Å². The summed E-state index contributed by atoms with van der Waals surface area (Å²) in [5, 5.41) is 17.4. The van der Waals surface area contributed by atoms with Gasteiger partial charge < -0.3 is 10.6 Å². The van der Waals surface area contributed by atoms with E-state index in [4.69, 9.17) is 23.2 Å². The molecule has 1 aromatic carbocycles.